The molecule has 1 heterocycles. The third-order valence-corrected chi connectivity index (χ3v) is 4.32. The number of rotatable bonds is 5. The van der Waals surface area contributed by atoms with E-state index in [1.807, 2.05) is 23.3 Å². The van der Waals surface area contributed by atoms with Crippen LogP contribution < -0.4 is 14.3 Å². The number of hydrogen-bond donors (Lipinski definition) is 0. The number of nitrogens with zero attached hydrogens (tertiary/aromatic N) is 1. The van der Waals surface area contributed by atoms with Gasteiger partial charge in [0.15, 0.2) is 11.5 Å². The van der Waals surface area contributed by atoms with Crippen LogP contribution in [0.15, 0.2) is 48.5 Å². The Morgan fingerprint density at radius 2 is 1.52 bits per heavy atom. The first-order chi connectivity index (χ1) is 11.3. The van der Waals surface area contributed by atoms with Gasteiger partial charge in [0.2, 0.25) is 5.75 Å². The molecule has 0 N–H and O–H groups in total. The van der Waals surface area contributed by atoms with Gasteiger partial charge in [-0.2, -0.15) is 0 Å². The third kappa shape index (κ3) is 3.59. The van der Waals surface area contributed by atoms with Gasteiger partial charge < -0.3 is 14.3 Å². The van der Waals surface area contributed by atoms with Gasteiger partial charge in [0.25, 0.3) is 0 Å². The van der Waals surface area contributed by atoms with Gasteiger partial charge in [0.1, 0.15) is 0 Å². The number of hydrogen-bond acceptors (Lipinski definition) is 4. The van der Waals surface area contributed by atoms with Crippen LogP contribution >= 0.6 is 0 Å². The summed E-state index contributed by atoms with van der Waals surface area (Å²) >= 11 is 0. The molecule has 0 atom stereocenters. The summed E-state index contributed by atoms with van der Waals surface area (Å²) in [5.41, 5.74) is 1.42. The monoisotopic (exact) mass is 313 g/mol. The summed E-state index contributed by atoms with van der Waals surface area (Å²) in [5.74, 6) is 2.64. The van der Waals surface area contributed by atoms with Crippen molar-refractivity contribution in [1.29, 1.82) is 0 Å². The van der Waals surface area contributed by atoms with E-state index in [0.29, 0.717) is 23.2 Å². The van der Waals surface area contributed by atoms with Crippen molar-refractivity contribution in [3.63, 3.8) is 0 Å². The highest BCUT2D eigenvalue weighted by molar-refractivity contribution is 5.50. The average Bonchev–Trinajstić information content (AvgIpc) is 2.63. The van der Waals surface area contributed by atoms with Crippen LogP contribution in [0.25, 0.3) is 0 Å². The van der Waals surface area contributed by atoms with Gasteiger partial charge in [-0.1, -0.05) is 36.4 Å². The summed E-state index contributed by atoms with van der Waals surface area (Å²) in [4.78, 5) is 6.03. The summed E-state index contributed by atoms with van der Waals surface area (Å²) in [7, 11) is 3.26. The second-order valence-electron chi connectivity index (χ2n) is 5.70. The van der Waals surface area contributed by atoms with E-state index in [2.05, 4.69) is 30.3 Å². The van der Waals surface area contributed by atoms with E-state index in [-0.39, 0.29) is 0 Å². The van der Waals surface area contributed by atoms with Crippen molar-refractivity contribution >= 4 is 0 Å². The summed E-state index contributed by atoms with van der Waals surface area (Å²) < 4.78 is 10.7. The minimum absolute atomic E-state index is 0.614. The predicted octanol–water partition coefficient (Wildman–Crippen LogP) is 3.88. The first-order valence-electron chi connectivity index (χ1n) is 8.00. The number of para-hydroxylation sites is 1. The van der Waals surface area contributed by atoms with Crippen molar-refractivity contribution in [3.8, 4) is 17.2 Å². The Kier molecular flexibility index (Phi) is 5.03. The summed E-state index contributed by atoms with van der Waals surface area (Å²) in [6, 6.07) is 16.4. The lowest BCUT2D eigenvalue weighted by Crippen LogP contribution is -2.35. The minimum atomic E-state index is 0.614. The second kappa shape index (κ2) is 7.38. The fourth-order valence-electron chi connectivity index (χ4n) is 3.07. The maximum Gasteiger partial charge on any atom is 0.205 e. The highest BCUT2D eigenvalue weighted by Gasteiger charge is 2.23. The van der Waals surface area contributed by atoms with Crippen LogP contribution in [-0.4, -0.2) is 32.4 Å². The lowest BCUT2D eigenvalue weighted by molar-refractivity contribution is -0.0773. The van der Waals surface area contributed by atoms with Crippen LogP contribution in [0.1, 0.15) is 24.3 Å². The largest absolute Gasteiger partial charge is 0.493 e. The minimum Gasteiger partial charge on any atom is -0.493 e. The molecule has 1 fully saturated rings. The van der Waals surface area contributed by atoms with E-state index in [1.165, 1.54) is 5.56 Å². The highest BCUT2D eigenvalue weighted by atomic mass is 16.7. The normalized spacial score (nSPS) is 16.1. The SMILES string of the molecule is COc1cccc(ON2CCC(c3ccccc3)CC2)c1OC. The van der Waals surface area contributed by atoms with Crippen molar-refractivity contribution in [2.45, 2.75) is 18.8 Å². The molecule has 3 rings (SSSR count). The van der Waals surface area contributed by atoms with Crippen molar-refractivity contribution in [2.24, 2.45) is 0 Å². The standard InChI is InChI=1S/C19H23NO3/c1-21-17-9-6-10-18(19(17)22-2)23-20-13-11-16(12-14-20)15-7-4-3-5-8-15/h3-10,16H,11-14H2,1-2H3. The lowest BCUT2D eigenvalue weighted by atomic mass is 9.90. The smallest absolute Gasteiger partial charge is 0.205 e. The summed E-state index contributed by atoms with van der Waals surface area (Å²) in [6.07, 6.45) is 2.19. The quantitative estimate of drug-likeness (QED) is 0.838. The zero-order chi connectivity index (χ0) is 16.1. The Morgan fingerprint density at radius 1 is 0.826 bits per heavy atom. The maximum atomic E-state index is 6.03. The van der Waals surface area contributed by atoms with Gasteiger partial charge in [0, 0.05) is 13.1 Å². The molecular weight excluding hydrogens is 290 g/mol. The molecule has 0 spiro atoms. The molecule has 1 saturated heterocycles. The highest BCUT2D eigenvalue weighted by Crippen LogP contribution is 2.38. The Bertz CT molecular complexity index is 622. The molecule has 0 unspecified atom stereocenters. The molecule has 23 heavy (non-hydrogen) atoms. The van der Waals surface area contributed by atoms with Gasteiger partial charge in [0.05, 0.1) is 14.2 Å². The molecule has 2 aromatic rings. The number of methoxy groups -OCH3 is 2. The fraction of sp³-hybridized carbons (Fsp3) is 0.368. The summed E-state index contributed by atoms with van der Waals surface area (Å²) in [5, 5.41) is 2.01. The number of ether oxygens (including phenoxy) is 2. The molecule has 0 saturated carbocycles. The molecule has 4 heteroatoms. The molecule has 4 nitrogen and oxygen atoms in total. The predicted molar refractivity (Wildman–Crippen MR) is 90.2 cm³/mol. The van der Waals surface area contributed by atoms with Gasteiger partial charge in [-0.15, -0.1) is 5.06 Å². The van der Waals surface area contributed by atoms with E-state index in [9.17, 15) is 0 Å². The second-order valence-corrected chi connectivity index (χ2v) is 5.70. The number of benzene rings is 2. The first kappa shape index (κ1) is 15.7. The van der Waals surface area contributed by atoms with Crippen LogP contribution in [0, 0.1) is 0 Å². The maximum absolute atomic E-state index is 6.03. The Hall–Kier alpha value is -2.20. The molecular formula is C19H23NO3. The van der Waals surface area contributed by atoms with E-state index >= 15 is 0 Å². The Balaban J connectivity index is 1.63. The van der Waals surface area contributed by atoms with Crippen LogP contribution in [0.2, 0.25) is 0 Å². The number of hydroxylamine groups is 2. The Labute approximate surface area is 137 Å². The Morgan fingerprint density at radius 3 is 2.17 bits per heavy atom. The topological polar surface area (TPSA) is 30.9 Å². The molecule has 0 bridgehead atoms. The van der Waals surface area contributed by atoms with E-state index in [4.69, 9.17) is 14.3 Å². The van der Waals surface area contributed by atoms with Crippen molar-refractivity contribution in [1.82, 2.24) is 5.06 Å². The molecule has 0 amide bonds. The van der Waals surface area contributed by atoms with Crippen molar-refractivity contribution in [3.05, 3.63) is 54.1 Å². The van der Waals surface area contributed by atoms with E-state index in [1.54, 1.807) is 14.2 Å². The van der Waals surface area contributed by atoms with E-state index < -0.39 is 0 Å². The molecule has 0 radical (unpaired) electrons. The molecule has 0 aliphatic carbocycles. The molecule has 122 valence electrons. The van der Waals surface area contributed by atoms with Crippen molar-refractivity contribution in [2.75, 3.05) is 27.3 Å². The van der Waals surface area contributed by atoms with Crippen LogP contribution in [-0.2, 0) is 0 Å². The molecule has 1 aliphatic rings. The number of piperidine rings is 1. The van der Waals surface area contributed by atoms with Crippen LogP contribution in [0.5, 0.6) is 17.2 Å². The third-order valence-electron chi connectivity index (χ3n) is 4.32. The zero-order valence-corrected chi connectivity index (χ0v) is 13.7. The molecule has 2 aromatic carbocycles. The van der Waals surface area contributed by atoms with Crippen LogP contribution in [0.3, 0.4) is 0 Å². The van der Waals surface area contributed by atoms with Crippen LogP contribution in [0.4, 0.5) is 0 Å². The van der Waals surface area contributed by atoms with Gasteiger partial charge in [-0.25, -0.2) is 0 Å². The van der Waals surface area contributed by atoms with Crippen molar-refractivity contribution < 1.29 is 14.3 Å². The molecule has 1 aliphatic heterocycles. The zero-order valence-electron chi connectivity index (χ0n) is 13.7. The first-order valence-corrected chi connectivity index (χ1v) is 8.00. The van der Waals surface area contributed by atoms with Gasteiger partial charge >= 0.3 is 0 Å². The summed E-state index contributed by atoms with van der Waals surface area (Å²) in [6.45, 7) is 1.81. The molecule has 0 aromatic heterocycles. The average molecular weight is 313 g/mol. The van der Waals surface area contributed by atoms with Gasteiger partial charge in [-0.05, 0) is 36.5 Å². The fourth-order valence-corrected chi connectivity index (χ4v) is 3.07. The van der Waals surface area contributed by atoms with E-state index in [0.717, 1.165) is 25.9 Å². The lowest BCUT2D eigenvalue weighted by Gasteiger charge is -2.31. The van der Waals surface area contributed by atoms with Gasteiger partial charge in [-0.3, -0.25) is 0 Å².